The van der Waals surface area contributed by atoms with Crippen molar-refractivity contribution in [1.82, 2.24) is 0 Å². The molecule has 0 radical (unpaired) electrons. The van der Waals surface area contributed by atoms with Crippen molar-refractivity contribution in [2.45, 2.75) is 71.3 Å². The molecule has 0 aromatic heterocycles. The molecule has 46 heavy (non-hydrogen) atoms. The van der Waals surface area contributed by atoms with Crippen molar-refractivity contribution in [3.8, 4) is 0 Å². The number of benzene rings is 2. The Labute approximate surface area is 266 Å². The van der Waals surface area contributed by atoms with Crippen LogP contribution < -0.4 is 5.43 Å². The second kappa shape index (κ2) is 12.1. The van der Waals surface area contributed by atoms with E-state index in [0.29, 0.717) is 29.0 Å². The number of nitrogens with one attached hydrogen (secondary N) is 1. The number of hydrogen-bond acceptors (Lipinski definition) is 9. The van der Waals surface area contributed by atoms with E-state index in [1.807, 2.05) is 6.08 Å². The summed E-state index contributed by atoms with van der Waals surface area (Å²) in [4.78, 5) is 32.7. The number of aliphatic hydroxyl groups is 1. The number of nitro groups is 3. The van der Waals surface area contributed by atoms with Gasteiger partial charge in [-0.05, 0) is 97.7 Å². The van der Waals surface area contributed by atoms with E-state index >= 15 is 0 Å². The number of anilines is 1. The predicted octanol–water partition coefficient (Wildman–Crippen LogP) is 7.83. The Balaban J connectivity index is 1.35. The van der Waals surface area contributed by atoms with Crippen molar-refractivity contribution in [2.24, 2.45) is 39.6 Å². The van der Waals surface area contributed by atoms with Crippen molar-refractivity contribution < 1.29 is 19.9 Å². The van der Waals surface area contributed by atoms with Gasteiger partial charge in [0, 0.05) is 24.1 Å². The largest absolute Gasteiger partial charge is 0.393 e. The summed E-state index contributed by atoms with van der Waals surface area (Å²) in [7, 11) is 0. The fourth-order valence-corrected chi connectivity index (χ4v) is 9.29. The van der Waals surface area contributed by atoms with Gasteiger partial charge in [0.05, 0.1) is 32.7 Å². The lowest BCUT2D eigenvalue weighted by molar-refractivity contribution is -0.393. The summed E-state index contributed by atoms with van der Waals surface area (Å²) >= 11 is 0. The fraction of sp³-hybridized carbons (Fsp3) is 0.500. The molecule has 0 amide bonds. The number of fused-ring (bicyclic) bond motifs is 5. The van der Waals surface area contributed by atoms with E-state index in [-0.39, 0.29) is 39.9 Å². The van der Waals surface area contributed by atoms with Gasteiger partial charge in [-0.3, -0.25) is 35.8 Å². The third-order valence-corrected chi connectivity index (χ3v) is 11.7. The van der Waals surface area contributed by atoms with Crippen LogP contribution >= 0.6 is 0 Å². The highest BCUT2D eigenvalue weighted by atomic mass is 16.6. The Hall–Kier alpha value is -4.45. The van der Waals surface area contributed by atoms with Gasteiger partial charge in [0.2, 0.25) is 0 Å². The molecule has 3 saturated carbocycles. The van der Waals surface area contributed by atoms with Crippen LogP contribution in [0.15, 0.2) is 65.3 Å². The van der Waals surface area contributed by atoms with Gasteiger partial charge in [-0.25, -0.2) is 0 Å². The minimum Gasteiger partial charge on any atom is -0.393 e. The molecule has 0 unspecified atom stereocenters. The van der Waals surface area contributed by atoms with E-state index in [9.17, 15) is 35.4 Å². The molecule has 4 aliphatic rings. The van der Waals surface area contributed by atoms with Crippen LogP contribution in [0.1, 0.15) is 70.8 Å². The van der Waals surface area contributed by atoms with E-state index in [1.54, 1.807) is 18.2 Å². The molecule has 0 saturated heterocycles. The molecular weight excluding hydrogens is 590 g/mol. The van der Waals surface area contributed by atoms with Crippen LogP contribution in [0.5, 0.6) is 0 Å². The molecule has 2 N–H and O–H groups in total. The van der Waals surface area contributed by atoms with E-state index in [0.717, 1.165) is 57.4 Å². The van der Waals surface area contributed by atoms with Gasteiger partial charge in [0.15, 0.2) is 0 Å². The summed E-state index contributed by atoms with van der Waals surface area (Å²) in [5, 5.41) is 49.6. The summed E-state index contributed by atoms with van der Waals surface area (Å²) < 4.78 is 0. The lowest BCUT2D eigenvalue weighted by Crippen LogP contribution is -2.51. The highest BCUT2D eigenvalue weighted by Crippen LogP contribution is 2.66. The monoisotopic (exact) mass is 629 g/mol. The molecule has 0 heterocycles. The zero-order valence-corrected chi connectivity index (χ0v) is 26.0. The topological polar surface area (TPSA) is 174 Å². The molecule has 0 spiro atoms. The summed E-state index contributed by atoms with van der Waals surface area (Å²) in [6.45, 7) is 4.73. The van der Waals surface area contributed by atoms with Gasteiger partial charge >= 0.3 is 5.69 Å². The van der Waals surface area contributed by atoms with Crippen molar-refractivity contribution in [3.63, 3.8) is 0 Å². The molecule has 4 aliphatic carbocycles. The SMILES string of the molecule is C[C@]12CC[C@H]3[C@@H](CC=C4C[C@@H](O)CC[C@@]43C)[C@@H]1CC[C@@H]2C(/C=C/c1cccc([N+](=O)[O-])c1)=N/Nc1ccc([N+](=O)[O-])cc1[N+](=O)[O-]. The number of allylic oxidation sites excluding steroid dienone is 2. The molecule has 2 aromatic rings. The van der Waals surface area contributed by atoms with Crippen LogP contribution in [0.25, 0.3) is 6.08 Å². The maximum atomic E-state index is 11.8. The summed E-state index contributed by atoms with van der Waals surface area (Å²) in [5.74, 6) is 1.53. The third kappa shape index (κ3) is 5.59. The van der Waals surface area contributed by atoms with Gasteiger partial charge in [0.25, 0.3) is 11.4 Å². The Morgan fingerprint density at radius 1 is 0.935 bits per heavy atom. The zero-order valence-electron chi connectivity index (χ0n) is 26.0. The molecule has 2 aromatic carbocycles. The number of nitrogens with zero attached hydrogens (tertiary/aromatic N) is 4. The highest BCUT2D eigenvalue weighted by molar-refractivity contribution is 6.01. The second-order valence-corrected chi connectivity index (χ2v) is 13.9. The fourth-order valence-electron chi connectivity index (χ4n) is 9.29. The average Bonchev–Trinajstić information content (AvgIpc) is 3.38. The molecule has 7 atom stereocenters. The lowest BCUT2D eigenvalue weighted by atomic mass is 9.47. The molecular formula is C34H39N5O7. The van der Waals surface area contributed by atoms with Crippen LogP contribution in [0.3, 0.4) is 0 Å². The van der Waals surface area contributed by atoms with Crippen molar-refractivity contribution >= 4 is 34.5 Å². The van der Waals surface area contributed by atoms with E-state index in [4.69, 9.17) is 5.10 Å². The Kier molecular flexibility index (Phi) is 8.26. The first-order chi connectivity index (χ1) is 21.9. The van der Waals surface area contributed by atoms with E-state index < -0.39 is 20.5 Å². The quantitative estimate of drug-likeness (QED) is 0.128. The van der Waals surface area contributed by atoms with Crippen LogP contribution in [0.2, 0.25) is 0 Å². The number of nitro benzene ring substituents is 3. The molecule has 6 rings (SSSR count). The number of non-ortho nitro benzene ring substituents is 2. The third-order valence-electron chi connectivity index (χ3n) is 11.7. The number of hydrazone groups is 1. The average molecular weight is 630 g/mol. The van der Waals surface area contributed by atoms with Crippen LogP contribution in [0, 0.1) is 64.8 Å². The Morgan fingerprint density at radius 2 is 1.70 bits per heavy atom. The molecule has 12 nitrogen and oxygen atoms in total. The van der Waals surface area contributed by atoms with Crippen LogP contribution in [-0.2, 0) is 0 Å². The summed E-state index contributed by atoms with van der Waals surface area (Å²) in [5.41, 5.74) is 4.77. The molecule has 12 heteroatoms. The van der Waals surface area contributed by atoms with E-state index in [1.165, 1.54) is 29.8 Å². The standard InChI is InChI=1S/C34H39N5O7/c1-33-16-14-25(40)19-22(33)7-9-26-27-10-11-29(34(27,2)17-15-28(26)33)30(12-6-21-4-3-5-23(18-21)37(41)42)35-36-31-13-8-24(38(43)44)20-32(31)39(45)46/h3-8,12-13,18,20,25-29,36,40H,9-11,14-17,19H2,1-2H3/b12-6+,35-30+/t25-,26-,27-,28-,29+,33-,34-/m0/s1. The van der Waals surface area contributed by atoms with Crippen LogP contribution in [0.4, 0.5) is 22.7 Å². The van der Waals surface area contributed by atoms with Crippen molar-refractivity contribution in [3.05, 3.63) is 96.1 Å². The van der Waals surface area contributed by atoms with Crippen molar-refractivity contribution in [2.75, 3.05) is 5.43 Å². The maximum Gasteiger partial charge on any atom is 0.301 e. The highest BCUT2D eigenvalue weighted by Gasteiger charge is 2.59. The first kappa shape index (κ1) is 31.5. The first-order valence-corrected chi connectivity index (χ1v) is 16.0. The minimum absolute atomic E-state index is 0.0179. The molecule has 3 fully saturated rings. The summed E-state index contributed by atoms with van der Waals surface area (Å²) in [6.07, 6.45) is 13.3. The maximum absolute atomic E-state index is 11.8. The molecule has 242 valence electrons. The van der Waals surface area contributed by atoms with Gasteiger partial charge in [0.1, 0.15) is 5.69 Å². The van der Waals surface area contributed by atoms with Gasteiger partial charge in [-0.1, -0.05) is 43.7 Å². The number of hydrogen-bond donors (Lipinski definition) is 2. The predicted molar refractivity (Wildman–Crippen MR) is 174 cm³/mol. The summed E-state index contributed by atoms with van der Waals surface area (Å²) in [6, 6.07) is 9.72. The number of aliphatic hydroxyl groups excluding tert-OH is 1. The Bertz CT molecular complexity index is 1670. The van der Waals surface area contributed by atoms with Gasteiger partial charge in [-0.2, -0.15) is 5.10 Å². The second-order valence-electron chi connectivity index (χ2n) is 13.9. The lowest BCUT2D eigenvalue weighted by Gasteiger charge is -2.58. The molecule has 0 bridgehead atoms. The number of rotatable bonds is 8. The minimum atomic E-state index is -0.678. The van der Waals surface area contributed by atoms with Crippen LogP contribution in [-0.4, -0.2) is 31.7 Å². The zero-order chi connectivity index (χ0) is 32.8. The Morgan fingerprint density at radius 3 is 2.43 bits per heavy atom. The normalized spacial score (nSPS) is 32.2. The van der Waals surface area contributed by atoms with Gasteiger partial charge < -0.3 is 5.11 Å². The smallest absolute Gasteiger partial charge is 0.301 e. The first-order valence-electron chi connectivity index (χ1n) is 16.0. The van der Waals surface area contributed by atoms with Crippen molar-refractivity contribution in [1.29, 1.82) is 0 Å². The van der Waals surface area contributed by atoms with E-state index in [2.05, 4.69) is 25.3 Å². The molecule has 0 aliphatic heterocycles. The van der Waals surface area contributed by atoms with Gasteiger partial charge in [-0.15, -0.1) is 0 Å².